The van der Waals surface area contributed by atoms with Crippen LogP contribution in [0.25, 0.3) is 33.2 Å². The minimum atomic E-state index is -0.322. The van der Waals surface area contributed by atoms with E-state index in [0.29, 0.717) is 16.7 Å². The summed E-state index contributed by atoms with van der Waals surface area (Å²) in [6.45, 7) is 9.89. The number of rotatable bonds is 8. The van der Waals surface area contributed by atoms with Gasteiger partial charge in [0.05, 0.1) is 30.3 Å². The Balaban J connectivity index is 1.68. The maximum Gasteiger partial charge on any atom is 0.326 e. The molecule has 0 fully saturated rings. The number of ether oxygens (including phenoxy) is 2. The number of hydrogen-bond acceptors (Lipinski definition) is 6. The molecule has 0 atom stereocenters. The van der Waals surface area contributed by atoms with Gasteiger partial charge in [-0.15, -0.1) is 0 Å². The maximum absolute atomic E-state index is 13.8. The van der Waals surface area contributed by atoms with Crippen LogP contribution >= 0.6 is 0 Å². The molecule has 2 aromatic heterocycles. The molecular weight excluding hydrogens is 516 g/mol. The van der Waals surface area contributed by atoms with Gasteiger partial charge in [0.2, 0.25) is 0 Å². The van der Waals surface area contributed by atoms with Gasteiger partial charge in [0.15, 0.2) is 5.82 Å². The van der Waals surface area contributed by atoms with Crippen molar-refractivity contribution in [2.45, 2.75) is 53.2 Å². The molecule has 3 aromatic carbocycles. The van der Waals surface area contributed by atoms with Crippen LogP contribution in [0.15, 0.2) is 76.8 Å². The normalized spacial score (nSPS) is 11.8. The molecule has 5 aromatic rings. The highest BCUT2D eigenvalue weighted by molar-refractivity contribution is 6.00. The molecular formula is C33H34N4O4. The molecule has 8 heteroatoms. The number of nitrogens with zero attached hydrogens (tertiary/aromatic N) is 4. The third-order valence-electron chi connectivity index (χ3n) is 6.99. The minimum absolute atomic E-state index is 0.0677. The van der Waals surface area contributed by atoms with Crippen molar-refractivity contribution in [1.29, 1.82) is 0 Å². The molecule has 0 amide bonds. The molecule has 0 radical (unpaired) electrons. The molecule has 2 heterocycles. The van der Waals surface area contributed by atoms with Crippen molar-refractivity contribution in [3.8, 4) is 17.1 Å². The van der Waals surface area contributed by atoms with Crippen molar-refractivity contribution in [1.82, 2.24) is 14.2 Å². The number of benzene rings is 3. The molecule has 0 N–H and O–H groups in total. The van der Waals surface area contributed by atoms with Crippen molar-refractivity contribution in [3.63, 3.8) is 0 Å². The average molecular weight is 551 g/mol. The molecule has 0 aliphatic carbocycles. The summed E-state index contributed by atoms with van der Waals surface area (Å²) in [6, 6.07) is 19.0. The minimum Gasteiger partial charge on any atom is -0.496 e. The Kier molecular flexibility index (Phi) is 7.75. The van der Waals surface area contributed by atoms with E-state index in [0.717, 1.165) is 38.9 Å². The second kappa shape index (κ2) is 11.4. The van der Waals surface area contributed by atoms with Gasteiger partial charge in [0.25, 0.3) is 5.56 Å². The standard InChI is InChI=1S/C33H34N4O4/c1-20(2)26-16-27(22(5)15-30(26)40-6)32-35-28-13-9-7-12-25(28)33(39)37(32)34-17-23-18-36(19-31(38)41-21(3)4)29-14-10-8-11-24(23)29/h7-18,20-21H,19H2,1-6H3. The molecule has 8 nitrogen and oxygen atoms in total. The molecule has 0 aliphatic rings. The van der Waals surface area contributed by atoms with E-state index in [-0.39, 0.29) is 30.1 Å². The van der Waals surface area contributed by atoms with Crippen LogP contribution in [0.1, 0.15) is 50.3 Å². The number of aromatic nitrogens is 3. The Morgan fingerprint density at radius 1 is 1.02 bits per heavy atom. The van der Waals surface area contributed by atoms with E-state index < -0.39 is 0 Å². The van der Waals surface area contributed by atoms with E-state index in [4.69, 9.17) is 19.6 Å². The zero-order valence-corrected chi connectivity index (χ0v) is 24.2. The number of methoxy groups -OCH3 is 1. The quantitative estimate of drug-likeness (QED) is 0.167. The van der Waals surface area contributed by atoms with E-state index in [9.17, 15) is 9.59 Å². The van der Waals surface area contributed by atoms with Gasteiger partial charge in [0, 0.05) is 28.2 Å². The fourth-order valence-corrected chi connectivity index (χ4v) is 5.04. The van der Waals surface area contributed by atoms with E-state index in [1.165, 1.54) is 4.68 Å². The summed E-state index contributed by atoms with van der Waals surface area (Å²) in [5, 5.41) is 6.08. The summed E-state index contributed by atoms with van der Waals surface area (Å²) in [7, 11) is 1.66. The first kappa shape index (κ1) is 27.8. The Bertz CT molecular complexity index is 1850. The Morgan fingerprint density at radius 3 is 2.44 bits per heavy atom. The van der Waals surface area contributed by atoms with Gasteiger partial charge in [-0.2, -0.15) is 9.78 Å². The fourth-order valence-electron chi connectivity index (χ4n) is 5.04. The lowest BCUT2D eigenvalue weighted by Gasteiger charge is -2.17. The highest BCUT2D eigenvalue weighted by Crippen LogP contribution is 2.34. The molecule has 0 saturated carbocycles. The number of esters is 1. The van der Waals surface area contributed by atoms with Gasteiger partial charge in [0.1, 0.15) is 12.3 Å². The number of hydrogen-bond donors (Lipinski definition) is 0. The third-order valence-corrected chi connectivity index (χ3v) is 6.99. The first-order valence-electron chi connectivity index (χ1n) is 13.7. The summed E-state index contributed by atoms with van der Waals surface area (Å²) >= 11 is 0. The van der Waals surface area contributed by atoms with Gasteiger partial charge in [-0.25, -0.2) is 4.98 Å². The number of carbonyl (C=O) groups is 1. The molecule has 0 aliphatic heterocycles. The zero-order valence-electron chi connectivity index (χ0n) is 24.2. The van der Waals surface area contributed by atoms with Crippen LogP contribution in [0.4, 0.5) is 0 Å². The summed E-state index contributed by atoms with van der Waals surface area (Å²) in [6.07, 6.45) is 3.30. The van der Waals surface area contributed by atoms with Crippen molar-refractivity contribution < 1.29 is 14.3 Å². The smallest absolute Gasteiger partial charge is 0.326 e. The lowest BCUT2D eigenvalue weighted by atomic mass is 9.96. The second-order valence-electron chi connectivity index (χ2n) is 10.6. The number of aryl methyl sites for hydroxylation is 1. The Labute approximate surface area is 238 Å². The lowest BCUT2D eigenvalue weighted by molar-refractivity contribution is -0.148. The number of carbonyl (C=O) groups excluding carboxylic acids is 1. The molecule has 41 heavy (non-hydrogen) atoms. The van der Waals surface area contributed by atoms with Crippen molar-refractivity contribution in [3.05, 3.63) is 93.9 Å². The number of para-hydroxylation sites is 2. The topological polar surface area (TPSA) is 87.7 Å². The number of fused-ring (bicyclic) bond motifs is 2. The van der Waals surface area contributed by atoms with Gasteiger partial charge in [-0.1, -0.05) is 44.2 Å². The van der Waals surface area contributed by atoms with Crippen LogP contribution in [0.5, 0.6) is 5.75 Å². The van der Waals surface area contributed by atoms with Gasteiger partial charge in [-0.05, 0) is 68.1 Å². The highest BCUT2D eigenvalue weighted by atomic mass is 16.5. The summed E-state index contributed by atoms with van der Waals surface area (Å²) in [5.74, 6) is 1.11. The zero-order chi connectivity index (χ0) is 29.3. The molecule has 0 spiro atoms. The monoisotopic (exact) mass is 550 g/mol. The Hall–Kier alpha value is -4.72. The fraction of sp³-hybridized carbons (Fsp3) is 0.273. The van der Waals surface area contributed by atoms with Crippen LogP contribution in [-0.2, 0) is 16.1 Å². The first-order chi connectivity index (χ1) is 19.7. The molecule has 210 valence electrons. The maximum atomic E-state index is 13.8. The van der Waals surface area contributed by atoms with Crippen LogP contribution < -0.4 is 10.3 Å². The van der Waals surface area contributed by atoms with Gasteiger partial charge >= 0.3 is 5.97 Å². The predicted molar refractivity (Wildman–Crippen MR) is 163 cm³/mol. The third kappa shape index (κ3) is 5.50. The van der Waals surface area contributed by atoms with E-state index in [1.54, 1.807) is 19.4 Å². The van der Waals surface area contributed by atoms with E-state index in [1.807, 2.05) is 86.1 Å². The predicted octanol–water partition coefficient (Wildman–Crippen LogP) is 6.29. The van der Waals surface area contributed by atoms with E-state index in [2.05, 4.69) is 13.8 Å². The average Bonchev–Trinajstić information content (AvgIpc) is 3.28. The summed E-state index contributed by atoms with van der Waals surface area (Å²) in [4.78, 5) is 31.2. The lowest BCUT2D eigenvalue weighted by Crippen LogP contribution is -2.20. The summed E-state index contributed by atoms with van der Waals surface area (Å²) in [5.41, 5.74) is 4.69. The van der Waals surface area contributed by atoms with Crippen molar-refractivity contribution >= 4 is 34.0 Å². The Morgan fingerprint density at radius 2 is 1.73 bits per heavy atom. The first-order valence-corrected chi connectivity index (χ1v) is 13.7. The van der Waals surface area contributed by atoms with Crippen LogP contribution in [-0.4, -0.2) is 39.6 Å². The molecule has 0 saturated heterocycles. The largest absolute Gasteiger partial charge is 0.496 e. The van der Waals surface area contributed by atoms with E-state index >= 15 is 0 Å². The van der Waals surface area contributed by atoms with Crippen molar-refractivity contribution in [2.75, 3.05) is 7.11 Å². The van der Waals surface area contributed by atoms with Gasteiger partial charge in [-0.3, -0.25) is 9.59 Å². The molecule has 5 rings (SSSR count). The van der Waals surface area contributed by atoms with Crippen LogP contribution in [0, 0.1) is 6.92 Å². The SMILES string of the molecule is COc1cc(C)c(-c2nc3ccccc3c(=O)n2N=Cc2cn(CC(=O)OC(C)C)c3ccccc23)cc1C(C)C. The van der Waals surface area contributed by atoms with Crippen LogP contribution in [0.2, 0.25) is 0 Å². The molecule has 0 bridgehead atoms. The van der Waals surface area contributed by atoms with Crippen LogP contribution in [0.3, 0.4) is 0 Å². The van der Waals surface area contributed by atoms with Gasteiger partial charge < -0.3 is 14.0 Å². The molecule has 0 unspecified atom stereocenters. The second-order valence-corrected chi connectivity index (χ2v) is 10.6. The van der Waals surface area contributed by atoms with Crippen molar-refractivity contribution in [2.24, 2.45) is 5.10 Å². The highest BCUT2D eigenvalue weighted by Gasteiger charge is 2.19. The summed E-state index contributed by atoms with van der Waals surface area (Å²) < 4.78 is 14.2.